The van der Waals surface area contributed by atoms with Crippen LogP contribution in [0.15, 0.2) is 30.3 Å². The van der Waals surface area contributed by atoms with Crippen LogP contribution in [-0.2, 0) is 6.42 Å². The van der Waals surface area contributed by atoms with Gasteiger partial charge in [-0.1, -0.05) is 17.7 Å². The third kappa shape index (κ3) is 1.64. The number of benzene rings is 1. The number of rotatable bonds is 1. The molecule has 1 nitrogen and oxygen atoms in total. The molecule has 0 saturated heterocycles. The number of fused-ring (bicyclic) bond motifs is 1. The molecule has 0 bridgehead atoms. The third-order valence-electron chi connectivity index (χ3n) is 2.67. The number of anilines is 1. The van der Waals surface area contributed by atoms with Gasteiger partial charge < -0.3 is 5.32 Å². The summed E-state index contributed by atoms with van der Waals surface area (Å²) in [5.74, 6) is 0. The Morgan fingerprint density at radius 3 is 2.93 bits per heavy atom. The SMILES string of the molecule is Clc1ccc(-c2ccc3c(c2)CCN3)s1. The lowest BCUT2D eigenvalue weighted by atomic mass is 10.1. The molecule has 0 amide bonds. The molecule has 2 aromatic rings. The Kier molecular flexibility index (Phi) is 2.19. The van der Waals surface area contributed by atoms with Crippen LogP contribution in [-0.4, -0.2) is 6.54 Å². The minimum atomic E-state index is 0.851. The summed E-state index contributed by atoms with van der Waals surface area (Å²) in [5, 5.41) is 3.36. The second-order valence-corrected chi connectivity index (χ2v) is 5.37. The van der Waals surface area contributed by atoms with Crippen molar-refractivity contribution in [1.29, 1.82) is 0 Å². The zero-order chi connectivity index (χ0) is 10.3. The topological polar surface area (TPSA) is 12.0 Å². The first-order valence-corrected chi connectivity index (χ1v) is 6.15. The maximum absolute atomic E-state index is 5.93. The fourth-order valence-electron chi connectivity index (χ4n) is 1.93. The van der Waals surface area contributed by atoms with Gasteiger partial charge in [0.1, 0.15) is 0 Å². The Labute approximate surface area is 97.7 Å². The lowest BCUT2D eigenvalue weighted by Crippen LogP contribution is -1.90. The van der Waals surface area contributed by atoms with Crippen LogP contribution in [0.25, 0.3) is 10.4 Å². The Hall–Kier alpha value is -0.990. The van der Waals surface area contributed by atoms with Gasteiger partial charge in [0, 0.05) is 17.1 Å². The van der Waals surface area contributed by atoms with Crippen molar-refractivity contribution in [3.8, 4) is 10.4 Å². The standard InChI is InChI=1S/C12H10ClNS/c13-12-4-3-11(15-12)9-1-2-10-8(7-9)5-6-14-10/h1-4,7,14H,5-6H2. The van der Waals surface area contributed by atoms with Crippen LogP contribution >= 0.6 is 22.9 Å². The first-order chi connectivity index (χ1) is 7.33. The van der Waals surface area contributed by atoms with Gasteiger partial charge in [-0.05, 0) is 41.8 Å². The molecule has 2 heterocycles. The fraction of sp³-hybridized carbons (Fsp3) is 0.167. The van der Waals surface area contributed by atoms with Gasteiger partial charge in [-0.15, -0.1) is 11.3 Å². The van der Waals surface area contributed by atoms with E-state index >= 15 is 0 Å². The summed E-state index contributed by atoms with van der Waals surface area (Å²) in [7, 11) is 0. The van der Waals surface area contributed by atoms with Crippen LogP contribution in [0.1, 0.15) is 5.56 Å². The molecule has 3 heteroatoms. The van der Waals surface area contributed by atoms with Gasteiger partial charge in [0.15, 0.2) is 0 Å². The Morgan fingerprint density at radius 2 is 2.13 bits per heavy atom. The normalized spacial score (nSPS) is 13.7. The monoisotopic (exact) mass is 235 g/mol. The van der Waals surface area contributed by atoms with Gasteiger partial charge in [0.05, 0.1) is 4.34 Å². The average Bonchev–Trinajstić information content (AvgIpc) is 2.84. The van der Waals surface area contributed by atoms with Gasteiger partial charge in [0.25, 0.3) is 0 Å². The highest BCUT2D eigenvalue weighted by Gasteiger charge is 2.11. The summed E-state index contributed by atoms with van der Waals surface area (Å²) < 4.78 is 0.851. The maximum Gasteiger partial charge on any atom is 0.0934 e. The summed E-state index contributed by atoms with van der Waals surface area (Å²) in [6, 6.07) is 10.6. The molecule has 76 valence electrons. The molecule has 3 rings (SSSR count). The zero-order valence-corrected chi connectivity index (χ0v) is 9.66. The molecular formula is C12H10ClNS. The molecule has 0 saturated carbocycles. The van der Waals surface area contributed by atoms with E-state index in [-0.39, 0.29) is 0 Å². The van der Waals surface area contributed by atoms with Crippen molar-refractivity contribution in [2.24, 2.45) is 0 Å². The maximum atomic E-state index is 5.93. The van der Waals surface area contributed by atoms with Crippen LogP contribution in [0.4, 0.5) is 5.69 Å². The number of nitrogens with one attached hydrogen (secondary N) is 1. The average molecular weight is 236 g/mol. The predicted molar refractivity (Wildman–Crippen MR) is 67.0 cm³/mol. The highest BCUT2D eigenvalue weighted by Crippen LogP contribution is 2.34. The van der Waals surface area contributed by atoms with E-state index in [4.69, 9.17) is 11.6 Å². The molecule has 1 N–H and O–H groups in total. The van der Waals surface area contributed by atoms with E-state index in [2.05, 4.69) is 29.6 Å². The number of thiophene rings is 1. The van der Waals surface area contributed by atoms with Crippen LogP contribution in [0.5, 0.6) is 0 Å². The molecule has 0 radical (unpaired) electrons. The molecule has 1 aliphatic heterocycles. The van der Waals surface area contributed by atoms with E-state index in [0.717, 1.165) is 17.3 Å². The first kappa shape index (κ1) is 9.25. The fourth-order valence-corrected chi connectivity index (χ4v) is 2.97. The predicted octanol–water partition coefficient (Wildman–Crippen LogP) is 4.04. The smallest absolute Gasteiger partial charge is 0.0934 e. The summed E-state index contributed by atoms with van der Waals surface area (Å²) in [4.78, 5) is 1.25. The first-order valence-electron chi connectivity index (χ1n) is 4.95. The van der Waals surface area contributed by atoms with Crippen molar-refractivity contribution in [1.82, 2.24) is 0 Å². The van der Waals surface area contributed by atoms with Crippen molar-refractivity contribution in [3.05, 3.63) is 40.2 Å². The zero-order valence-electron chi connectivity index (χ0n) is 8.09. The summed E-state index contributed by atoms with van der Waals surface area (Å²) in [5.41, 5.74) is 3.97. The van der Waals surface area contributed by atoms with E-state index in [9.17, 15) is 0 Å². The van der Waals surface area contributed by atoms with E-state index in [1.807, 2.05) is 6.07 Å². The van der Waals surface area contributed by atoms with Gasteiger partial charge in [0.2, 0.25) is 0 Å². The minimum absolute atomic E-state index is 0.851. The molecule has 0 atom stereocenters. The lowest BCUT2D eigenvalue weighted by molar-refractivity contribution is 1.11. The summed E-state index contributed by atoms with van der Waals surface area (Å²) in [6.45, 7) is 1.06. The molecule has 15 heavy (non-hydrogen) atoms. The second-order valence-electron chi connectivity index (χ2n) is 3.65. The highest BCUT2D eigenvalue weighted by atomic mass is 35.5. The minimum Gasteiger partial charge on any atom is -0.384 e. The molecule has 1 aliphatic rings. The molecule has 1 aromatic heterocycles. The van der Waals surface area contributed by atoms with Crippen molar-refractivity contribution in [2.45, 2.75) is 6.42 Å². The number of hydrogen-bond acceptors (Lipinski definition) is 2. The van der Waals surface area contributed by atoms with Crippen LogP contribution in [0.2, 0.25) is 4.34 Å². The van der Waals surface area contributed by atoms with Crippen LogP contribution < -0.4 is 5.32 Å². The van der Waals surface area contributed by atoms with Gasteiger partial charge in [-0.2, -0.15) is 0 Å². The van der Waals surface area contributed by atoms with Crippen molar-refractivity contribution >= 4 is 28.6 Å². The van der Waals surface area contributed by atoms with Gasteiger partial charge in [-0.3, -0.25) is 0 Å². The van der Waals surface area contributed by atoms with E-state index in [1.165, 1.54) is 21.7 Å². The van der Waals surface area contributed by atoms with Crippen LogP contribution in [0, 0.1) is 0 Å². The quantitative estimate of drug-likeness (QED) is 0.787. The molecule has 0 aliphatic carbocycles. The number of halogens is 1. The lowest BCUT2D eigenvalue weighted by Gasteiger charge is -2.02. The van der Waals surface area contributed by atoms with Crippen molar-refractivity contribution in [2.75, 3.05) is 11.9 Å². The summed E-state index contributed by atoms with van der Waals surface area (Å²) >= 11 is 7.57. The molecule has 0 unspecified atom stereocenters. The highest BCUT2D eigenvalue weighted by molar-refractivity contribution is 7.19. The molecular weight excluding hydrogens is 226 g/mol. The summed E-state index contributed by atoms with van der Waals surface area (Å²) in [6.07, 6.45) is 1.13. The van der Waals surface area contributed by atoms with Crippen molar-refractivity contribution in [3.63, 3.8) is 0 Å². The molecule has 0 fully saturated rings. The molecule has 1 aromatic carbocycles. The van der Waals surface area contributed by atoms with Gasteiger partial charge in [-0.25, -0.2) is 0 Å². The van der Waals surface area contributed by atoms with Crippen molar-refractivity contribution < 1.29 is 0 Å². The second kappa shape index (κ2) is 3.54. The largest absolute Gasteiger partial charge is 0.384 e. The van der Waals surface area contributed by atoms with Gasteiger partial charge >= 0.3 is 0 Å². The van der Waals surface area contributed by atoms with Crippen LogP contribution in [0.3, 0.4) is 0 Å². The Balaban J connectivity index is 2.06. The van der Waals surface area contributed by atoms with E-state index < -0.39 is 0 Å². The van der Waals surface area contributed by atoms with E-state index in [0.29, 0.717) is 0 Å². The number of hydrogen-bond donors (Lipinski definition) is 1. The Morgan fingerprint density at radius 1 is 1.20 bits per heavy atom. The van der Waals surface area contributed by atoms with E-state index in [1.54, 1.807) is 11.3 Å². The molecule has 0 spiro atoms. The third-order valence-corrected chi connectivity index (χ3v) is 3.95. The Bertz CT molecular complexity index is 504.